The van der Waals surface area contributed by atoms with E-state index in [-0.39, 0.29) is 25.0 Å². The van der Waals surface area contributed by atoms with Gasteiger partial charge in [-0.3, -0.25) is 4.79 Å². The Bertz CT molecular complexity index is 1270. The van der Waals surface area contributed by atoms with Crippen molar-refractivity contribution >= 4 is 5.91 Å². The largest absolute Gasteiger partial charge is 0.390 e. The normalized spacial score (nSPS) is 22.7. The molecular formula is C34H37N2O5+. The molecule has 0 saturated carbocycles. The van der Waals surface area contributed by atoms with Crippen LogP contribution in [-0.2, 0) is 31.2 Å². The molecular weight excluding hydrogens is 516 g/mol. The summed E-state index contributed by atoms with van der Waals surface area (Å²) in [6.45, 7) is 2.21. The minimum atomic E-state index is -0.918. The van der Waals surface area contributed by atoms with Crippen LogP contribution in [0.3, 0.4) is 0 Å². The summed E-state index contributed by atoms with van der Waals surface area (Å²) in [7, 11) is 1.51. The Labute approximate surface area is 241 Å². The van der Waals surface area contributed by atoms with Crippen LogP contribution in [0, 0.1) is 5.92 Å². The lowest BCUT2D eigenvalue weighted by Gasteiger charge is -2.44. The average molecular weight is 554 g/mol. The first kappa shape index (κ1) is 28.6. The van der Waals surface area contributed by atoms with Gasteiger partial charge in [0, 0.05) is 25.2 Å². The van der Waals surface area contributed by atoms with Crippen LogP contribution in [0.2, 0.25) is 0 Å². The molecule has 212 valence electrons. The number of carbonyl (C=O) groups is 1. The Morgan fingerprint density at radius 2 is 1.34 bits per heavy atom. The van der Waals surface area contributed by atoms with Crippen molar-refractivity contribution in [3.05, 3.63) is 138 Å². The molecule has 4 aromatic rings. The molecule has 1 amide bonds. The molecule has 5 rings (SSSR count). The number of aliphatic hydroxyl groups excluding tert-OH is 1. The molecule has 0 bridgehead atoms. The number of nitrogens with zero attached hydrogens (tertiary/aromatic N) is 1. The van der Waals surface area contributed by atoms with Crippen molar-refractivity contribution in [1.82, 2.24) is 5.32 Å². The van der Waals surface area contributed by atoms with E-state index in [4.69, 9.17) is 14.2 Å². The van der Waals surface area contributed by atoms with Crippen molar-refractivity contribution in [2.45, 2.75) is 43.6 Å². The number of rotatable bonds is 10. The maximum atomic E-state index is 12.8. The van der Waals surface area contributed by atoms with Crippen LogP contribution in [0.25, 0.3) is 0 Å². The highest BCUT2D eigenvalue weighted by atomic mass is 16.7. The van der Waals surface area contributed by atoms with Gasteiger partial charge in [-0.15, -0.1) is 0 Å². The van der Waals surface area contributed by atoms with E-state index in [2.05, 4.69) is 41.7 Å². The number of hydrogen-bond acceptors (Lipinski definition) is 5. The third kappa shape index (κ3) is 6.24. The van der Waals surface area contributed by atoms with Gasteiger partial charge in [0.1, 0.15) is 11.6 Å². The Hall–Kier alpha value is -3.88. The maximum absolute atomic E-state index is 12.8. The molecule has 41 heavy (non-hydrogen) atoms. The van der Waals surface area contributed by atoms with Gasteiger partial charge in [0.05, 0.1) is 18.8 Å². The summed E-state index contributed by atoms with van der Waals surface area (Å²) in [6, 6.07) is 35.2. The highest BCUT2D eigenvalue weighted by Crippen LogP contribution is 2.41. The summed E-state index contributed by atoms with van der Waals surface area (Å²) in [6.07, 6.45) is 1.37. The van der Waals surface area contributed by atoms with Crippen LogP contribution in [-0.4, -0.2) is 49.3 Å². The number of aromatic nitrogens is 1. The van der Waals surface area contributed by atoms with E-state index in [1.54, 1.807) is 4.57 Å². The molecule has 0 spiro atoms. The molecule has 0 radical (unpaired) electrons. The number of amides is 1. The van der Waals surface area contributed by atoms with Crippen LogP contribution >= 0.6 is 0 Å². The van der Waals surface area contributed by atoms with E-state index in [0.717, 1.165) is 16.7 Å². The molecule has 2 N–H and O–H groups in total. The summed E-state index contributed by atoms with van der Waals surface area (Å²) >= 11 is 0. The zero-order chi connectivity index (χ0) is 28.7. The molecule has 0 aliphatic carbocycles. The zero-order valence-corrected chi connectivity index (χ0v) is 23.4. The van der Waals surface area contributed by atoms with E-state index >= 15 is 0 Å². The van der Waals surface area contributed by atoms with Crippen molar-refractivity contribution in [1.29, 1.82) is 0 Å². The second-order valence-electron chi connectivity index (χ2n) is 10.4. The van der Waals surface area contributed by atoms with Crippen LogP contribution < -0.4 is 9.88 Å². The van der Waals surface area contributed by atoms with E-state index in [9.17, 15) is 9.90 Å². The number of methoxy groups -OCH3 is 1. The Morgan fingerprint density at radius 3 is 1.83 bits per heavy atom. The van der Waals surface area contributed by atoms with Gasteiger partial charge in [-0.1, -0.05) is 104 Å². The summed E-state index contributed by atoms with van der Waals surface area (Å²) in [5, 5.41) is 14.3. The Balaban J connectivity index is 1.40. The van der Waals surface area contributed by atoms with Gasteiger partial charge in [0.15, 0.2) is 18.7 Å². The first-order valence-corrected chi connectivity index (χ1v) is 13.9. The SMILES string of the molecule is COC1OC(COC(c2ccccc2)(c2ccccc2)c2ccccc2)C(C)C(O)C1NC(=O)C[n+]1ccccc1. The second-order valence-corrected chi connectivity index (χ2v) is 10.4. The molecule has 1 aromatic heterocycles. The molecule has 7 heteroatoms. The quantitative estimate of drug-likeness (QED) is 0.231. The summed E-state index contributed by atoms with van der Waals surface area (Å²) in [5.41, 5.74) is 2.02. The Morgan fingerprint density at radius 1 is 0.854 bits per heavy atom. The van der Waals surface area contributed by atoms with Crippen molar-refractivity contribution < 1.29 is 28.7 Å². The third-order valence-electron chi connectivity index (χ3n) is 7.76. The van der Waals surface area contributed by atoms with Gasteiger partial charge >= 0.3 is 0 Å². The van der Waals surface area contributed by atoms with Crippen molar-refractivity contribution in [3.8, 4) is 0 Å². The minimum absolute atomic E-state index is 0.120. The fourth-order valence-electron chi connectivity index (χ4n) is 5.55. The number of ether oxygens (including phenoxy) is 3. The summed E-state index contributed by atoms with van der Waals surface area (Å²) in [5.74, 6) is -0.592. The lowest BCUT2D eigenvalue weighted by molar-refractivity contribution is -0.684. The third-order valence-corrected chi connectivity index (χ3v) is 7.76. The van der Waals surface area contributed by atoms with E-state index in [1.165, 1.54) is 7.11 Å². The van der Waals surface area contributed by atoms with Crippen LogP contribution in [0.5, 0.6) is 0 Å². The maximum Gasteiger partial charge on any atom is 0.286 e. The lowest BCUT2D eigenvalue weighted by Crippen LogP contribution is -2.63. The predicted molar refractivity (Wildman–Crippen MR) is 155 cm³/mol. The topological polar surface area (TPSA) is 80.9 Å². The first-order chi connectivity index (χ1) is 20.0. The van der Waals surface area contributed by atoms with E-state index in [1.807, 2.05) is 92.1 Å². The predicted octanol–water partition coefficient (Wildman–Crippen LogP) is 3.84. The highest BCUT2D eigenvalue weighted by Gasteiger charge is 2.46. The standard InChI is InChI=1S/C34H36N2O5/c1-25-29(41-33(39-2)31(32(25)38)35-30(37)23-36-21-13-6-14-22-36)24-40-34(26-15-7-3-8-16-26,27-17-9-4-10-18-27)28-19-11-5-12-20-28/h3-22,25,29,31-33,38H,23-24H2,1-2H3/p+1. The number of hydrogen-bond donors (Lipinski definition) is 2. The monoisotopic (exact) mass is 553 g/mol. The van der Waals surface area contributed by atoms with Gasteiger partial charge in [-0.2, -0.15) is 4.57 Å². The van der Waals surface area contributed by atoms with Gasteiger partial charge in [0.2, 0.25) is 6.54 Å². The van der Waals surface area contributed by atoms with Crippen molar-refractivity contribution in [2.75, 3.05) is 13.7 Å². The van der Waals surface area contributed by atoms with Gasteiger partial charge < -0.3 is 24.6 Å². The zero-order valence-electron chi connectivity index (χ0n) is 23.4. The molecule has 1 saturated heterocycles. The van der Waals surface area contributed by atoms with E-state index in [0.29, 0.717) is 0 Å². The number of nitrogens with one attached hydrogen (secondary N) is 1. The molecule has 2 heterocycles. The van der Waals surface area contributed by atoms with Gasteiger partial charge in [0.25, 0.3) is 5.91 Å². The number of aliphatic hydroxyl groups is 1. The highest BCUT2D eigenvalue weighted by molar-refractivity contribution is 5.74. The fraction of sp³-hybridized carbons (Fsp3) is 0.294. The second kappa shape index (κ2) is 13.2. The molecule has 1 aliphatic rings. The number of pyridine rings is 1. The van der Waals surface area contributed by atoms with Crippen molar-refractivity contribution in [2.24, 2.45) is 5.92 Å². The Kier molecular flexibility index (Phi) is 9.21. The van der Waals surface area contributed by atoms with Crippen molar-refractivity contribution in [3.63, 3.8) is 0 Å². The molecule has 1 fully saturated rings. The number of carbonyl (C=O) groups excluding carboxylic acids is 1. The molecule has 7 nitrogen and oxygen atoms in total. The van der Waals surface area contributed by atoms with Crippen LogP contribution in [0.1, 0.15) is 23.6 Å². The average Bonchev–Trinajstić information content (AvgIpc) is 3.03. The molecule has 3 aromatic carbocycles. The van der Waals surface area contributed by atoms with Crippen LogP contribution in [0.15, 0.2) is 122 Å². The fourth-order valence-corrected chi connectivity index (χ4v) is 5.55. The smallest absolute Gasteiger partial charge is 0.286 e. The van der Waals surface area contributed by atoms with Gasteiger partial charge in [-0.05, 0) is 16.7 Å². The van der Waals surface area contributed by atoms with Gasteiger partial charge in [-0.25, -0.2) is 0 Å². The molecule has 1 aliphatic heterocycles. The van der Waals surface area contributed by atoms with Crippen LogP contribution in [0.4, 0.5) is 0 Å². The molecule has 5 unspecified atom stereocenters. The molecule has 5 atom stereocenters. The lowest BCUT2D eigenvalue weighted by atomic mass is 9.80. The summed E-state index contributed by atoms with van der Waals surface area (Å²) in [4.78, 5) is 12.8. The summed E-state index contributed by atoms with van der Waals surface area (Å²) < 4.78 is 20.7. The van der Waals surface area contributed by atoms with E-state index < -0.39 is 30.1 Å². The number of benzene rings is 3. The minimum Gasteiger partial charge on any atom is -0.390 e. The first-order valence-electron chi connectivity index (χ1n) is 13.9.